The molecule has 0 aromatic heterocycles. The van der Waals surface area contributed by atoms with Gasteiger partial charge >= 0.3 is 0 Å². The summed E-state index contributed by atoms with van der Waals surface area (Å²) in [6, 6.07) is 8.43. The van der Waals surface area contributed by atoms with Crippen LogP contribution in [0.2, 0.25) is 0 Å². The van der Waals surface area contributed by atoms with Crippen LogP contribution in [0.4, 0.5) is 5.69 Å². The van der Waals surface area contributed by atoms with Crippen LogP contribution in [0.25, 0.3) is 0 Å². The number of rotatable bonds is 4. The van der Waals surface area contributed by atoms with Crippen molar-refractivity contribution in [1.82, 2.24) is 0 Å². The van der Waals surface area contributed by atoms with Crippen LogP contribution < -0.4 is 11.1 Å². The fraction of sp³-hybridized carbons (Fsp3) is 0.538. The quantitative estimate of drug-likeness (QED) is 0.795. The van der Waals surface area contributed by atoms with E-state index in [0.29, 0.717) is 12.5 Å². The Morgan fingerprint density at radius 3 is 2.20 bits per heavy atom. The number of hydrogen-bond acceptors (Lipinski definition) is 2. The SMILES string of the molecule is Cc1ccc(NC(C)(CN)C(C)C)cc1. The molecule has 0 radical (unpaired) electrons. The van der Waals surface area contributed by atoms with Crippen LogP contribution in [0.15, 0.2) is 24.3 Å². The van der Waals surface area contributed by atoms with Crippen LogP contribution in [-0.2, 0) is 0 Å². The molecule has 0 aliphatic rings. The van der Waals surface area contributed by atoms with Crippen LogP contribution in [0.1, 0.15) is 26.3 Å². The zero-order valence-electron chi connectivity index (χ0n) is 10.2. The first-order chi connectivity index (χ1) is 6.98. The molecule has 1 unspecified atom stereocenters. The van der Waals surface area contributed by atoms with E-state index in [-0.39, 0.29) is 5.54 Å². The first kappa shape index (κ1) is 12.1. The van der Waals surface area contributed by atoms with Crippen LogP contribution in [0.5, 0.6) is 0 Å². The Balaban J connectivity index is 2.79. The second-order valence-corrected chi connectivity index (χ2v) is 4.77. The van der Waals surface area contributed by atoms with Crippen LogP contribution in [0, 0.1) is 12.8 Å². The first-order valence-electron chi connectivity index (χ1n) is 5.53. The Bertz CT molecular complexity index is 303. The lowest BCUT2D eigenvalue weighted by atomic mass is 9.88. The highest BCUT2D eigenvalue weighted by atomic mass is 15.0. The van der Waals surface area contributed by atoms with Gasteiger partial charge in [0.2, 0.25) is 0 Å². The summed E-state index contributed by atoms with van der Waals surface area (Å²) in [5.74, 6) is 0.504. The number of nitrogens with one attached hydrogen (secondary N) is 1. The third-order valence-electron chi connectivity index (χ3n) is 3.18. The second kappa shape index (κ2) is 4.67. The summed E-state index contributed by atoms with van der Waals surface area (Å²) in [6.07, 6.45) is 0. The summed E-state index contributed by atoms with van der Waals surface area (Å²) < 4.78 is 0. The van der Waals surface area contributed by atoms with E-state index in [1.165, 1.54) is 5.56 Å². The van der Waals surface area contributed by atoms with E-state index in [1.807, 2.05) is 0 Å². The molecule has 1 aromatic rings. The van der Waals surface area contributed by atoms with Crippen molar-refractivity contribution in [3.05, 3.63) is 29.8 Å². The van der Waals surface area contributed by atoms with Gasteiger partial charge in [-0.3, -0.25) is 0 Å². The fourth-order valence-corrected chi connectivity index (χ4v) is 1.40. The maximum atomic E-state index is 5.82. The van der Waals surface area contributed by atoms with Gasteiger partial charge in [0.25, 0.3) is 0 Å². The Labute approximate surface area is 92.9 Å². The molecule has 0 aliphatic carbocycles. The normalized spacial score (nSPS) is 15.1. The van der Waals surface area contributed by atoms with E-state index >= 15 is 0 Å². The first-order valence-corrected chi connectivity index (χ1v) is 5.53. The van der Waals surface area contributed by atoms with Gasteiger partial charge in [0, 0.05) is 17.8 Å². The minimum Gasteiger partial charge on any atom is -0.378 e. The lowest BCUT2D eigenvalue weighted by Gasteiger charge is -2.34. The maximum Gasteiger partial charge on any atom is 0.0490 e. The number of aryl methyl sites for hydroxylation is 1. The van der Waals surface area contributed by atoms with Crippen LogP contribution >= 0.6 is 0 Å². The van der Waals surface area contributed by atoms with E-state index in [4.69, 9.17) is 5.73 Å². The van der Waals surface area contributed by atoms with Crippen molar-refractivity contribution in [1.29, 1.82) is 0 Å². The average molecular weight is 206 g/mol. The number of hydrogen-bond donors (Lipinski definition) is 2. The van der Waals surface area contributed by atoms with Crippen molar-refractivity contribution in [3.8, 4) is 0 Å². The maximum absolute atomic E-state index is 5.82. The summed E-state index contributed by atoms with van der Waals surface area (Å²) in [5.41, 5.74) is 8.21. The minimum atomic E-state index is -0.0325. The molecular formula is C13H22N2. The summed E-state index contributed by atoms with van der Waals surface area (Å²) in [7, 11) is 0. The van der Waals surface area contributed by atoms with Gasteiger partial charge in [-0.2, -0.15) is 0 Å². The van der Waals surface area contributed by atoms with Crippen LogP contribution in [-0.4, -0.2) is 12.1 Å². The zero-order valence-corrected chi connectivity index (χ0v) is 10.2. The smallest absolute Gasteiger partial charge is 0.0490 e. The monoisotopic (exact) mass is 206 g/mol. The Morgan fingerprint density at radius 1 is 1.27 bits per heavy atom. The van der Waals surface area contributed by atoms with E-state index < -0.39 is 0 Å². The van der Waals surface area contributed by atoms with Gasteiger partial charge in [-0.25, -0.2) is 0 Å². The zero-order chi connectivity index (χ0) is 11.5. The van der Waals surface area contributed by atoms with Crippen molar-refractivity contribution in [3.63, 3.8) is 0 Å². The van der Waals surface area contributed by atoms with E-state index in [0.717, 1.165) is 5.69 Å². The number of nitrogens with two attached hydrogens (primary N) is 1. The Morgan fingerprint density at radius 2 is 1.80 bits per heavy atom. The highest BCUT2D eigenvalue weighted by molar-refractivity contribution is 5.46. The van der Waals surface area contributed by atoms with Crippen molar-refractivity contribution in [2.24, 2.45) is 11.7 Å². The van der Waals surface area contributed by atoms with E-state index in [1.54, 1.807) is 0 Å². The molecule has 0 amide bonds. The largest absolute Gasteiger partial charge is 0.378 e. The minimum absolute atomic E-state index is 0.0325. The molecule has 84 valence electrons. The van der Waals surface area contributed by atoms with Gasteiger partial charge in [0.15, 0.2) is 0 Å². The Kier molecular flexibility index (Phi) is 3.75. The third kappa shape index (κ3) is 2.96. The summed E-state index contributed by atoms with van der Waals surface area (Å²) in [5, 5.41) is 3.51. The third-order valence-corrected chi connectivity index (χ3v) is 3.18. The molecule has 0 heterocycles. The predicted octanol–water partition coefficient (Wildman–Crippen LogP) is 2.78. The molecule has 2 heteroatoms. The topological polar surface area (TPSA) is 38.0 Å². The predicted molar refractivity (Wildman–Crippen MR) is 67.1 cm³/mol. The average Bonchev–Trinajstić information content (AvgIpc) is 2.21. The molecule has 0 bridgehead atoms. The summed E-state index contributed by atoms with van der Waals surface area (Å²) in [6.45, 7) is 9.27. The fourth-order valence-electron chi connectivity index (χ4n) is 1.40. The molecule has 0 fully saturated rings. The molecule has 1 rings (SSSR count). The molecule has 1 aromatic carbocycles. The molecule has 0 saturated heterocycles. The van der Waals surface area contributed by atoms with Gasteiger partial charge in [0.05, 0.1) is 0 Å². The van der Waals surface area contributed by atoms with Gasteiger partial charge < -0.3 is 11.1 Å². The molecule has 1 atom stereocenters. The van der Waals surface area contributed by atoms with E-state index in [2.05, 4.69) is 57.3 Å². The lowest BCUT2D eigenvalue weighted by Crippen LogP contribution is -2.47. The van der Waals surface area contributed by atoms with Gasteiger partial charge in [-0.1, -0.05) is 31.5 Å². The van der Waals surface area contributed by atoms with Gasteiger partial charge in [-0.05, 0) is 31.9 Å². The molecule has 3 N–H and O–H groups in total. The van der Waals surface area contributed by atoms with Gasteiger partial charge in [0.1, 0.15) is 0 Å². The second-order valence-electron chi connectivity index (χ2n) is 4.77. The van der Waals surface area contributed by atoms with Crippen molar-refractivity contribution >= 4 is 5.69 Å². The van der Waals surface area contributed by atoms with Gasteiger partial charge in [-0.15, -0.1) is 0 Å². The van der Waals surface area contributed by atoms with Crippen LogP contribution in [0.3, 0.4) is 0 Å². The molecule has 15 heavy (non-hydrogen) atoms. The molecule has 0 aliphatic heterocycles. The standard InChI is InChI=1S/C13H22N2/c1-10(2)13(4,9-14)15-12-7-5-11(3)6-8-12/h5-8,10,15H,9,14H2,1-4H3. The molecule has 2 nitrogen and oxygen atoms in total. The molecule has 0 saturated carbocycles. The number of benzene rings is 1. The van der Waals surface area contributed by atoms with Crippen molar-refractivity contribution < 1.29 is 0 Å². The highest BCUT2D eigenvalue weighted by Crippen LogP contribution is 2.22. The van der Waals surface area contributed by atoms with E-state index in [9.17, 15) is 0 Å². The van der Waals surface area contributed by atoms with Crippen molar-refractivity contribution in [2.75, 3.05) is 11.9 Å². The lowest BCUT2D eigenvalue weighted by molar-refractivity contribution is 0.382. The Hall–Kier alpha value is -1.02. The summed E-state index contributed by atoms with van der Waals surface area (Å²) >= 11 is 0. The number of anilines is 1. The molecular weight excluding hydrogens is 184 g/mol. The highest BCUT2D eigenvalue weighted by Gasteiger charge is 2.25. The van der Waals surface area contributed by atoms with Crippen molar-refractivity contribution in [2.45, 2.75) is 33.2 Å². The molecule has 0 spiro atoms. The summed E-state index contributed by atoms with van der Waals surface area (Å²) in [4.78, 5) is 0.